The van der Waals surface area contributed by atoms with Gasteiger partial charge in [-0.25, -0.2) is 0 Å². The number of rotatable bonds is 2. The number of benzene rings is 1. The number of fused-ring (bicyclic) bond motifs is 3. The number of methoxy groups -OCH3 is 1. The molecule has 0 aliphatic heterocycles. The van der Waals surface area contributed by atoms with Gasteiger partial charge in [0.25, 0.3) is 0 Å². The molecular formula is C21H32O2. The molecule has 2 aliphatic carbocycles. The van der Waals surface area contributed by atoms with Crippen LogP contribution in [0.25, 0.3) is 0 Å². The quantitative estimate of drug-likeness (QED) is 0.866. The van der Waals surface area contributed by atoms with Crippen molar-refractivity contribution in [3.05, 3.63) is 34.9 Å². The lowest BCUT2D eigenvalue weighted by molar-refractivity contribution is -0.0731. The van der Waals surface area contributed by atoms with Crippen LogP contribution in [-0.2, 0) is 22.2 Å². The van der Waals surface area contributed by atoms with Crippen LogP contribution >= 0.6 is 0 Å². The monoisotopic (exact) mass is 316 g/mol. The van der Waals surface area contributed by atoms with E-state index in [0.29, 0.717) is 5.92 Å². The Kier molecular flexibility index (Phi) is 3.93. The molecule has 1 aromatic rings. The molecule has 3 rings (SSSR count). The summed E-state index contributed by atoms with van der Waals surface area (Å²) >= 11 is 0. The smallest absolute Gasteiger partial charge is 0.0871 e. The van der Waals surface area contributed by atoms with Crippen LogP contribution in [0.4, 0.5) is 0 Å². The summed E-state index contributed by atoms with van der Waals surface area (Å²) in [6.45, 7) is 11.2. The zero-order valence-electron chi connectivity index (χ0n) is 15.6. The third kappa shape index (κ3) is 2.46. The summed E-state index contributed by atoms with van der Waals surface area (Å²) in [6.07, 6.45) is 4.10. The van der Waals surface area contributed by atoms with Gasteiger partial charge in [0.05, 0.1) is 11.7 Å². The molecule has 128 valence electrons. The van der Waals surface area contributed by atoms with E-state index in [9.17, 15) is 5.11 Å². The van der Waals surface area contributed by atoms with Crippen molar-refractivity contribution in [3.8, 4) is 0 Å². The van der Waals surface area contributed by atoms with Gasteiger partial charge in [-0.2, -0.15) is 0 Å². The average Bonchev–Trinajstić information content (AvgIpc) is 2.51. The third-order valence-electron chi connectivity index (χ3n) is 7.09. The molecule has 0 bridgehead atoms. The first-order valence-corrected chi connectivity index (χ1v) is 9.00. The Labute approximate surface area is 141 Å². The Morgan fingerprint density at radius 3 is 2.52 bits per heavy atom. The zero-order chi connectivity index (χ0) is 17.0. The second kappa shape index (κ2) is 5.32. The summed E-state index contributed by atoms with van der Waals surface area (Å²) in [5.41, 5.74) is 4.19. The molecule has 1 saturated carbocycles. The molecule has 2 nitrogen and oxygen atoms in total. The fraction of sp³-hybridized carbons (Fsp3) is 0.714. The van der Waals surface area contributed by atoms with Gasteiger partial charge >= 0.3 is 0 Å². The molecule has 0 saturated heterocycles. The van der Waals surface area contributed by atoms with Gasteiger partial charge in [0.15, 0.2) is 0 Å². The Bertz CT molecular complexity index is 602. The van der Waals surface area contributed by atoms with Crippen LogP contribution in [0.3, 0.4) is 0 Å². The SMILES string of the molecule is COC(C)(C)c1ccc2c(c1)CC[C@@H]1C(C)(C)[C@H](O)CC[C@@]21C. The summed E-state index contributed by atoms with van der Waals surface area (Å²) in [5.74, 6) is 0.549. The molecule has 0 heterocycles. The van der Waals surface area contributed by atoms with Crippen molar-refractivity contribution in [1.82, 2.24) is 0 Å². The molecule has 2 aliphatic rings. The molecule has 0 radical (unpaired) electrons. The summed E-state index contributed by atoms with van der Waals surface area (Å²) < 4.78 is 5.66. The van der Waals surface area contributed by atoms with Crippen LogP contribution in [0.2, 0.25) is 0 Å². The predicted octanol–water partition coefficient (Wildman–Crippen LogP) is 4.57. The Morgan fingerprint density at radius 2 is 1.87 bits per heavy atom. The molecule has 1 N–H and O–H groups in total. The molecule has 0 unspecified atom stereocenters. The van der Waals surface area contributed by atoms with E-state index in [1.165, 1.54) is 23.1 Å². The number of aliphatic hydroxyl groups is 1. The Morgan fingerprint density at radius 1 is 1.17 bits per heavy atom. The highest BCUT2D eigenvalue weighted by molar-refractivity contribution is 5.42. The summed E-state index contributed by atoms with van der Waals surface area (Å²) in [4.78, 5) is 0. The van der Waals surface area contributed by atoms with E-state index in [1.54, 1.807) is 7.11 Å². The molecule has 0 aromatic heterocycles. The molecule has 2 heteroatoms. The van der Waals surface area contributed by atoms with E-state index in [1.807, 2.05) is 0 Å². The molecule has 1 aromatic carbocycles. The van der Waals surface area contributed by atoms with Crippen molar-refractivity contribution in [3.63, 3.8) is 0 Å². The standard InChI is InChI=1S/C21H32O2/c1-19(2)17-10-7-14-13-15(20(3,4)23-6)8-9-16(14)21(17,5)12-11-18(19)22/h8-9,13,17-18,22H,7,10-12H2,1-6H3/t17-,18-,21+/m1/s1. The average molecular weight is 316 g/mol. The first-order chi connectivity index (χ1) is 10.6. The molecule has 0 amide bonds. The highest BCUT2D eigenvalue weighted by Gasteiger charge is 2.53. The normalized spacial score (nSPS) is 33.0. The van der Waals surface area contributed by atoms with Gasteiger partial charge in [-0.3, -0.25) is 0 Å². The number of hydrogen-bond donors (Lipinski definition) is 1. The van der Waals surface area contributed by atoms with Crippen LogP contribution in [0.15, 0.2) is 18.2 Å². The molecule has 0 spiro atoms. The van der Waals surface area contributed by atoms with Gasteiger partial charge in [-0.15, -0.1) is 0 Å². The lowest BCUT2D eigenvalue weighted by Gasteiger charge is -2.56. The second-order valence-electron chi connectivity index (χ2n) is 8.97. The van der Waals surface area contributed by atoms with Gasteiger partial charge in [0, 0.05) is 7.11 Å². The van der Waals surface area contributed by atoms with Crippen molar-refractivity contribution in [1.29, 1.82) is 0 Å². The summed E-state index contributed by atoms with van der Waals surface area (Å²) in [7, 11) is 1.78. The van der Waals surface area contributed by atoms with Crippen molar-refractivity contribution < 1.29 is 9.84 Å². The van der Waals surface area contributed by atoms with E-state index in [2.05, 4.69) is 52.8 Å². The maximum Gasteiger partial charge on any atom is 0.0871 e. The maximum absolute atomic E-state index is 10.5. The largest absolute Gasteiger partial charge is 0.393 e. The van der Waals surface area contributed by atoms with Crippen LogP contribution in [0.1, 0.15) is 70.6 Å². The summed E-state index contributed by atoms with van der Waals surface area (Å²) in [6, 6.07) is 6.94. The first-order valence-electron chi connectivity index (χ1n) is 9.00. The lowest BCUT2D eigenvalue weighted by atomic mass is 9.49. The predicted molar refractivity (Wildman–Crippen MR) is 94.7 cm³/mol. The van der Waals surface area contributed by atoms with Crippen molar-refractivity contribution in [2.24, 2.45) is 11.3 Å². The first kappa shape index (κ1) is 17.0. The van der Waals surface area contributed by atoms with Crippen LogP contribution in [0.5, 0.6) is 0 Å². The number of hydrogen-bond acceptors (Lipinski definition) is 2. The maximum atomic E-state index is 10.5. The highest BCUT2D eigenvalue weighted by atomic mass is 16.5. The minimum atomic E-state index is -0.241. The minimum Gasteiger partial charge on any atom is -0.393 e. The van der Waals surface area contributed by atoms with Gasteiger partial charge in [-0.1, -0.05) is 39.0 Å². The number of aliphatic hydroxyl groups excluding tert-OH is 1. The van der Waals surface area contributed by atoms with Crippen molar-refractivity contribution >= 4 is 0 Å². The number of aryl methyl sites for hydroxylation is 1. The van der Waals surface area contributed by atoms with E-state index in [4.69, 9.17) is 4.74 Å². The van der Waals surface area contributed by atoms with Gasteiger partial charge < -0.3 is 9.84 Å². The van der Waals surface area contributed by atoms with Crippen molar-refractivity contribution in [2.45, 2.75) is 77.4 Å². The molecule has 3 atom stereocenters. The second-order valence-corrected chi connectivity index (χ2v) is 8.97. The summed E-state index contributed by atoms with van der Waals surface area (Å²) in [5, 5.41) is 10.5. The molecule has 1 fully saturated rings. The van der Waals surface area contributed by atoms with Gasteiger partial charge in [0.1, 0.15) is 0 Å². The van der Waals surface area contributed by atoms with E-state index in [-0.39, 0.29) is 22.5 Å². The Balaban J connectivity index is 2.05. The van der Waals surface area contributed by atoms with Crippen LogP contribution in [-0.4, -0.2) is 18.3 Å². The van der Waals surface area contributed by atoms with Crippen LogP contribution in [0, 0.1) is 11.3 Å². The Hall–Kier alpha value is -0.860. The van der Waals surface area contributed by atoms with E-state index in [0.717, 1.165) is 19.3 Å². The molecule has 23 heavy (non-hydrogen) atoms. The molecular weight excluding hydrogens is 284 g/mol. The fourth-order valence-corrected chi connectivity index (χ4v) is 5.20. The fourth-order valence-electron chi connectivity index (χ4n) is 5.20. The van der Waals surface area contributed by atoms with E-state index >= 15 is 0 Å². The lowest BCUT2D eigenvalue weighted by Crippen LogP contribution is -2.53. The third-order valence-corrected chi connectivity index (χ3v) is 7.09. The van der Waals surface area contributed by atoms with Crippen molar-refractivity contribution in [2.75, 3.05) is 7.11 Å². The van der Waals surface area contributed by atoms with Gasteiger partial charge in [-0.05, 0) is 73.0 Å². The highest BCUT2D eigenvalue weighted by Crippen LogP contribution is 2.57. The minimum absolute atomic E-state index is 0.00480. The van der Waals surface area contributed by atoms with Gasteiger partial charge in [0.2, 0.25) is 0 Å². The topological polar surface area (TPSA) is 29.5 Å². The number of ether oxygens (including phenoxy) is 1. The zero-order valence-corrected chi connectivity index (χ0v) is 15.6. The van der Waals surface area contributed by atoms with E-state index < -0.39 is 0 Å². The van der Waals surface area contributed by atoms with Crippen LogP contribution < -0.4 is 0 Å².